The molecular weight excluding hydrogens is 423 g/mol. The molecule has 7 heteroatoms. The van der Waals surface area contributed by atoms with Crippen LogP contribution in [-0.2, 0) is 12.2 Å². The third-order valence-corrected chi connectivity index (χ3v) is 6.18. The standard InChI is InChI=1S/C26H29FN2O4/c1-32-25-10-7-20(16-28-25)26(31)11-13-29(14-12-26)17-24(30)22-9-8-21(15-23(22)27)33-18-19-5-3-2-4-6-19/h2-10,15-16,24,30-31H,11-14,17-18H2,1H3. The first-order valence-electron chi connectivity index (χ1n) is 11.1. The van der Waals surface area contributed by atoms with Gasteiger partial charge in [-0.2, -0.15) is 0 Å². The van der Waals surface area contributed by atoms with Crippen LogP contribution in [-0.4, -0.2) is 46.8 Å². The van der Waals surface area contributed by atoms with Crippen LogP contribution in [0.3, 0.4) is 0 Å². The summed E-state index contributed by atoms with van der Waals surface area (Å²) in [5, 5.41) is 21.7. The van der Waals surface area contributed by atoms with Gasteiger partial charge in [-0.1, -0.05) is 30.3 Å². The van der Waals surface area contributed by atoms with E-state index in [0.717, 1.165) is 11.1 Å². The van der Waals surface area contributed by atoms with Gasteiger partial charge < -0.3 is 24.6 Å². The van der Waals surface area contributed by atoms with Crippen molar-refractivity contribution in [3.8, 4) is 11.6 Å². The molecule has 0 saturated carbocycles. The number of methoxy groups -OCH3 is 1. The molecule has 1 fully saturated rings. The molecular formula is C26H29FN2O4. The van der Waals surface area contributed by atoms with Gasteiger partial charge in [0, 0.05) is 49.1 Å². The molecule has 33 heavy (non-hydrogen) atoms. The summed E-state index contributed by atoms with van der Waals surface area (Å²) in [5.74, 6) is 0.427. The average molecular weight is 453 g/mol. The molecule has 1 aliphatic rings. The summed E-state index contributed by atoms with van der Waals surface area (Å²) in [6.07, 6.45) is 1.67. The Kier molecular flexibility index (Phi) is 7.23. The highest BCUT2D eigenvalue weighted by atomic mass is 19.1. The lowest BCUT2D eigenvalue weighted by Gasteiger charge is -2.39. The molecule has 1 saturated heterocycles. The number of aliphatic hydroxyl groups is 2. The average Bonchev–Trinajstić information content (AvgIpc) is 2.85. The predicted octanol–water partition coefficient (Wildman–Crippen LogP) is 3.83. The maximum atomic E-state index is 14.7. The molecule has 4 rings (SSSR count). The molecule has 0 radical (unpaired) electrons. The first-order chi connectivity index (χ1) is 16.0. The van der Waals surface area contributed by atoms with Crippen molar-refractivity contribution >= 4 is 0 Å². The van der Waals surface area contributed by atoms with E-state index in [0.29, 0.717) is 44.2 Å². The number of pyridine rings is 1. The lowest BCUT2D eigenvalue weighted by atomic mass is 9.85. The Balaban J connectivity index is 1.31. The molecule has 2 N–H and O–H groups in total. The van der Waals surface area contributed by atoms with E-state index in [2.05, 4.69) is 4.98 Å². The lowest BCUT2D eigenvalue weighted by Crippen LogP contribution is -2.44. The van der Waals surface area contributed by atoms with E-state index in [-0.39, 0.29) is 12.1 Å². The van der Waals surface area contributed by atoms with Crippen molar-refractivity contribution in [3.05, 3.63) is 89.4 Å². The molecule has 0 spiro atoms. The summed E-state index contributed by atoms with van der Waals surface area (Å²) in [4.78, 5) is 6.22. The zero-order valence-corrected chi connectivity index (χ0v) is 18.7. The second-order valence-corrected chi connectivity index (χ2v) is 8.39. The highest BCUT2D eigenvalue weighted by Crippen LogP contribution is 2.34. The Morgan fingerprint density at radius 3 is 2.48 bits per heavy atom. The Bertz CT molecular complexity index is 1040. The molecule has 0 amide bonds. The third kappa shape index (κ3) is 5.68. The van der Waals surface area contributed by atoms with Crippen LogP contribution in [0.4, 0.5) is 4.39 Å². The van der Waals surface area contributed by atoms with Gasteiger partial charge in [0.1, 0.15) is 18.2 Å². The molecule has 0 aliphatic carbocycles. The minimum absolute atomic E-state index is 0.238. The van der Waals surface area contributed by atoms with Gasteiger partial charge in [-0.15, -0.1) is 0 Å². The maximum Gasteiger partial charge on any atom is 0.212 e. The molecule has 3 aromatic rings. The summed E-state index contributed by atoms with van der Waals surface area (Å²) in [7, 11) is 1.55. The summed E-state index contributed by atoms with van der Waals surface area (Å²) < 4.78 is 25.4. The van der Waals surface area contributed by atoms with Crippen molar-refractivity contribution in [1.29, 1.82) is 0 Å². The topological polar surface area (TPSA) is 75.1 Å². The number of rotatable bonds is 8. The quantitative estimate of drug-likeness (QED) is 0.541. The van der Waals surface area contributed by atoms with Crippen LogP contribution in [0.1, 0.15) is 35.6 Å². The number of aromatic nitrogens is 1. The number of aliphatic hydroxyl groups excluding tert-OH is 1. The fourth-order valence-electron chi connectivity index (χ4n) is 4.12. The first-order valence-corrected chi connectivity index (χ1v) is 11.1. The van der Waals surface area contributed by atoms with Crippen molar-refractivity contribution in [1.82, 2.24) is 9.88 Å². The Hall–Kier alpha value is -3.00. The van der Waals surface area contributed by atoms with Crippen molar-refractivity contribution < 1.29 is 24.1 Å². The zero-order chi connectivity index (χ0) is 23.3. The fraction of sp³-hybridized carbons (Fsp3) is 0.346. The number of likely N-dealkylation sites (tertiary alicyclic amines) is 1. The highest BCUT2D eigenvalue weighted by Gasteiger charge is 2.35. The predicted molar refractivity (Wildman–Crippen MR) is 122 cm³/mol. The number of benzene rings is 2. The van der Waals surface area contributed by atoms with E-state index in [1.807, 2.05) is 41.3 Å². The molecule has 1 atom stereocenters. The molecule has 2 aromatic carbocycles. The SMILES string of the molecule is COc1ccc(C2(O)CCN(CC(O)c3ccc(OCc4ccccc4)cc3F)CC2)cn1. The number of hydrogen-bond acceptors (Lipinski definition) is 6. The lowest BCUT2D eigenvalue weighted by molar-refractivity contribution is -0.0349. The highest BCUT2D eigenvalue weighted by molar-refractivity contribution is 5.31. The van der Waals surface area contributed by atoms with Gasteiger partial charge in [-0.25, -0.2) is 9.37 Å². The number of halogens is 1. The Morgan fingerprint density at radius 2 is 1.85 bits per heavy atom. The number of ether oxygens (including phenoxy) is 2. The van der Waals surface area contributed by atoms with E-state index in [9.17, 15) is 14.6 Å². The van der Waals surface area contributed by atoms with Crippen molar-refractivity contribution in [3.63, 3.8) is 0 Å². The van der Waals surface area contributed by atoms with Crippen molar-refractivity contribution in [2.75, 3.05) is 26.7 Å². The zero-order valence-electron chi connectivity index (χ0n) is 18.7. The van der Waals surface area contributed by atoms with Crippen LogP contribution in [0.2, 0.25) is 0 Å². The van der Waals surface area contributed by atoms with Crippen LogP contribution < -0.4 is 9.47 Å². The minimum atomic E-state index is -0.970. The molecule has 1 unspecified atom stereocenters. The number of nitrogens with zero attached hydrogens (tertiary/aromatic N) is 2. The van der Waals surface area contributed by atoms with E-state index < -0.39 is 17.5 Å². The Labute approximate surface area is 193 Å². The largest absolute Gasteiger partial charge is 0.489 e. The van der Waals surface area contributed by atoms with Crippen molar-refractivity contribution in [2.45, 2.75) is 31.2 Å². The van der Waals surface area contributed by atoms with Gasteiger partial charge in [-0.3, -0.25) is 0 Å². The van der Waals surface area contributed by atoms with E-state index >= 15 is 0 Å². The van der Waals surface area contributed by atoms with Crippen molar-refractivity contribution in [2.24, 2.45) is 0 Å². The maximum absolute atomic E-state index is 14.7. The number of hydrogen-bond donors (Lipinski definition) is 2. The number of piperidine rings is 1. The summed E-state index contributed by atoms with van der Waals surface area (Å²) in [6, 6.07) is 17.8. The Morgan fingerprint density at radius 1 is 1.09 bits per heavy atom. The van der Waals surface area contributed by atoms with Gasteiger partial charge in [0.2, 0.25) is 5.88 Å². The van der Waals surface area contributed by atoms with Crippen LogP contribution in [0.15, 0.2) is 66.9 Å². The summed E-state index contributed by atoms with van der Waals surface area (Å²) >= 11 is 0. The van der Waals surface area contributed by atoms with E-state index in [1.165, 1.54) is 6.07 Å². The molecule has 6 nitrogen and oxygen atoms in total. The van der Waals surface area contributed by atoms with E-state index in [1.54, 1.807) is 31.5 Å². The summed E-state index contributed by atoms with van der Waals surface area (Å²) in [5.41, 5.74) is 1.02. The second kappa shape index (κ2) is 10.3. The number of β-amino-alcohol motifs (C(OH)–C–C–N with tert-alkyl or cyclic N) is 1. The van der Waals surface area contributed by atoms with Gasteiger partial charge >= 0.3 is 0 Å². The second-order valence-electron chi connectivity index (χ2n) is 8.39. The normalized spacial score (nSPS) is 16.8. The smallest absolute Gasteiger partial charge is 0.212 e. The fourth-order valence-corrected chi connectivity index (χ4v) is 4.12. The van der Waals surface area contributed by atoms with Crippen LogP contribution in [0.25, 0.3) is 0 Å². The first kappa shape index (κ1) is 23.2. The van der Waals surface area contributed by atoms with Crippen LogP contribution in [0.5, 0.6) is 11.6 Å². The molecule has 2 heterocycles. The summed E-state index contributed by atoms with van der Waals surface area (Å²) in [6.45, 7) is 1.81. The van der Waals surface area contributed by atoms with Gasteiger partial charge in [0.05, 0.1) is 18.8 Å². The molecule has 1 aromatic heterocycles. The van der Waals surface area contributed by atoms with E-state index in [4.69, 9.17) is 9.47 Å². The van der Waals surface area contributed by atoms with Gasteiger partial charge in [0.15, 0.2) is 0 Å². The monoisotopic (exact) mass is 452 g/mol. The van der Waals surface area contributed by atoms with Crippen LogP contribution >= 0.6 is 0 Å². The van der Waals surface area contributed by atoms with Gasteiger partial charge in [0.25, 0.3) is 0 Å². The molecule has 0 bridgehead atoms. The molecule has 174 valence electrons. The van der Waals surface area contributed by atoms with Crippen LogP contribution in [0, 0.1) is 5.82 Å². The molecule has 1 aliphatic heterocycles. The minimum Gasteiger partial charge on any atom is -0.489 e. The van der Waals surface area contributed by atoms with Gasteiger partial charge in [-0.05, 0) is 36.6 Å². The third-order valence-electron chi connectivity index (χ3n) is 6.18.